The molecule has 0 saturated carbocycles. The summed E-state index contributed by atoms with van der Waals surface area (Å²) in [6, 6.07) is 13.5. The van der Waals surface area contributed by atoms with Crippen LogP contribution in [0.4, 0.5) is 0 Å². The summed E-state index contributed by atoms with van der Waals surface area (Å²) in [6.07, 6.45) is 0. The van der Waals surface area contributed by atoms with Gasteiger partial charge in [0.25, 0.3) is 0 Å². The van der Waals surface area contributed by atoms with Gasteiger partial charge in [0.15, 0.2) is 0 Å². The zero-order valence-corrected chi connectivity index (χ0v) is 12.1. The second kappa shape index (κ2) is 5.54. The Morgan fingerprint density at radius 1 is 1.20 bits per heavy atom. The van der Waals surface area contributed by atoms with Gasteiger partial charge in [-0.15, -0.1) is 0 Å². The molecular formula is C15H12BrNO3. The third kappa shape index (κ3) is 2.63. The standard InChI is InChI=1S/C15H12BrNO3/c16-11-3-1-10(2-4-11)8-19-12-5-6-13-14(17-18)9-20-15(13)7-12/h1-7,18H,8-9H2. The fourth-order valence-corrected chi connectivity index (χ4v) is 2.27. The molecule has 1 aliphatic heterocycles. The number of ether oxygens (including phenoxy) is 2. The van der Waals surface area contributed by atoms with Crippen molar-refractivity contribution in [3.63, 3.8) is 0 Å². The van der Waals surface area contributed by atoms with Crippen LogP contribution in [-0.2, 0) is 6.61 Å². The van der Waals surface area contributed by atoms with Gasteiger partial charge in [0.2, 0.25) is 0 Å². The van der Waals surface area contributed by atoms with Gasteiger partial charge in [-0.25, -0.2) is 0 Å². The van der Waals surface area contributed by atoms with Gasteiger partial charge in [-0.2, -0.15) is 0 Å². The molecule has 0 saturated heterocycles. The maximum Gasteiger partial charge on any atom is 0.134 e. The summed E-state index contributed by atoms with van der Waals surface area (Å²) in [5, 5.41) is 12.0. The normalized spacial score (nSPS) is 14.9. The van der Waals surface area contributed by atoms with Crippen LogP contribution in [0.5, 0.6) is 11.5 Å². The van der Waals surface area contributed by atoms with Gasteiger partial charge in [-0.3, -0.25) is 0 Å². The molecule has 0 radical (unpaired) electrons. The van der Waals surface area contributed by atoms with Crippen molar-refractivity contribution in [3.8, 4) is 11.5 Å². The highest BCUT2D eigenvalue weighted by atomic mass is 79.9. The topological polar surface area (TPSA) is 51.1 Å². The number of halogens is 1. The van der Waals surface area contributed by atoms with Gasteiger partial charge >= 0.3 is 0 Å². The fraction of sp³-hybridized carbons (Fsp3) is 0.133. The number of rotatable bonds is 3. The number of oxime groups is 1. The Kier molecular flexibility index (Phi) is 3.60. The first-order chi connectivity index (χ1) is 9.76. The van der Waals surface area contributed by atoms with Gasteiger partial charge in [-0.1, -0.05) is 33.2 Å². The smallest absolute Gasteiger partial charge is 0.134 e. The Morgan fingerprint density at radius 3 is 2.75 bits per heavy atom. The zero-order chi connectivity index (χ0) is 13.9. The summed E-state index contributed by atoms with van der Waals surface area (Å²) in [4.78, 5) is 0. The van der Waals surface area contributed by atoms with Crippen LogP contribution in [0.3, 0.4) is 0 Å². The lowest BCUT2D eigenvalue weighted by molar-refractivity contribution is 0.302. The van der Waals surface area contributed by atoms with E-state index in [9.17, 15) is 0 Å². The first kappa shape index (κ1) is 13.0. The maximum atomic E-state index is 8.83. The Labute approximate surface area is 124 Å². The molecule has 0 spiro atoms. The van der Waals surface area contributed by atoms with E-state index in [1.807, 2.05) is 42.5 Å². The first-order valence-corrected chi connectivity index (χ1v) is 6.91. The van der Waals surface area contributed by atoms with E-state index >= 15 is 0 Å². The highest BCUT2D eigenvalue weighted by Crippen LogP contribution is 2.30. The Balaban J connectivity index is 1.71. The van der Waals surface area contributed by atoms with Crippen LogP contribution in [0.25, 0.3) is 0 Å². The SMILES string of the molecule is ON=C1COc2cc(OCc3ccc(Br)cc3)ccc21. The molecule has 0 atom stereocenters. The number of hydrogen-bond donors (Lipinski definition) is 1. The quantitative estimate of drug-likeness (QED) is 0.689. The number of fused-ring (bicyclic) bond motifs is 1. The van der Waals surface area contributed by atoms with Gasteiger partial charge in [-0.05, 0) is 29.8 Å². The molecule has 0 unspecified atom stereocenters. The number of hydrogen-bond acceptors (Lipinski definition) is 4. The summed E-state index contributed by atoms with van der Waals surface area (Å²) in [6.45, 7) is 0.787. The number of nitrogens with zero attached hydrogens (tertiary/aromatic N) is 1. The van der Waals surface area contributed by atoms with Crippen molar-refractivity contribution < 1.29 is 14.7 Å². The lowest BCUT2D eigenvalue weighted by atomic mass is 10.1. The zero-order valence-electron chi connectivity index (χ0n) is 10.5. The van der Waals surface area contributed by atoms with Crippen LogP contribution in [-0.4, -0.2) is 17.5 Å². The second-order valence-electron chi connectivity index (χ2n) is 4.41. The molecular weight excluding hydrogens is 322 g/mol. The van der Waals surface area contributed by atoms with E-state index in [1.165, 1.54) is 0 Å². The van der Waals surface area contributed by atoms with E-state index in [-0.39, 0.29) is 0 Å². The van der Waals surface area contributed by atoms with E-state index in [0.717, 1.165) is 21.3 Å². The predicted molar refractivity (Wildman–Crippen MR) is 78.7 cm³/mol. The fourth-order valence-electron chi connectivity index (χ4n) is 2.00. The van der Waals surface area contributed by atoms with Gasteiger partial charge in [0, 0.05) is 16.1 Å². The molecule has 2 aromatic rings. The van der Waals surface area contributed by atoms with E-state index in [0.29, 0.717) is 24.7 Å². The minimum Gasteiger partial charge on any atom is -0.489 e. The Morgan fingerprint density at radius 2 is 2.00 bits per heavy atom. The molecule has 3 rings (SSSR count). The van der Waals surface area contributed by atoms with E-state index in [4.69, 9.17) is 14.7 Å². The first-order valence-electron chi connectivity index (χ1n) is 6.11. The molecule has 0 amide bonds. The summed E-state index contributed by atoms with van der Waals surface area (Å²) >= 11 is 3.40. The molecule has 1 heterocycles. The molecule has 0 bridgehead atoms. The molecule has 102 valence electrons. The molecule has 5 heteroatoms. The van der Waals surface area contributed by atoms with Crippen LogP contribution < -0.4 is 9.47 Å². The maximum absolute atomic E-state index is 8.83. The minimum absolute atomic E-state index is 0.294. The molecule has 4 nitrogen and oxygen atoms in total. The molecule has 2 aromatic carbocycles. The van der Waals surface area contributed by atoms with E-state index in [1.54, 1.807) is 0 Å². The largest absolute Gasteiger partial charge is 0.489 e. The second-order valence-corrected chi connectivity index (χ2v) is 5.32. The van der Waals surface area contributed by atoms with Crippen LogP contribution in [0.15, 0.2) is 52.1 Å². The van der Waals surface area contributed by atoms with Crippen molar-refractivity contribution in [2.75, 3.05) is 6.61 Å². The van der Waals surface area contributed by atoms with Gasteiger partial charge < -0.3 is 14.7 Å². The monoisotopic (exact) mass is 333 g/mol. The van der Waals surface area contributed by atoms with Crippen molar-refractivity contribution in [3.05, 3.63) is 58.1 Å². The third-order valence-corrected chi connectivity index (χ3v) is 3.60. The van der Waals surface area contributed by atoms with Crippen LogP contribution >= 0.6 is 15.9 Å². The lowest BCUT2D eigenvalue weighted by Gasteiger charge is -2.07. The molecule has 0 aromatic heterocycles. The summed E-state index contributed by atoms with van der Waals surface area (Å²) in [5.74, 6) is 1.41. The van der Waals surface area contributed by atoms with Gasteiger partial charge in [0.05, 0.1) is 0 Å². The summed E-state index contributed by atoms with van der Waals surface area (Å²) in [5.41, 5.74) is 2.44. The number of benzene rings is 2. The highest BCUT2D eigenvalue weighted by molar-refractivity contribution is 9.10. The Hall–Kier alpha value is -2.01. The Bertz CT molecular complexity index is 653. The minimum atomic E-state index is 0.294. The third-order valence-electron chi connectivity index (χ3n) is 3.07. The average Bonchev–Trinajstić information content (AvgIpc) is 2.89. The van der Waals surface area contributed by atoms with Crippen molar-refractivity contribution in [2.24, 2.45) is 5.16 Å². The lowest BCUT2D eigenvalue weighted by Crippen LogP contribution is -2.01. The van der Waals surface area contributed by atoms with Crippen molar-refractivity contribution in [1.82, 2.24) is 0 Å². The van der Waals surface area contributed by atoms with Gasteiger partial charge in [0.1, 0.15) is 30.4 Å². The molecule has 20 heavy (non-hydrogen) atoms. The van der Waals surface area contributed by atoms with E-state index in [2.05, 4.69) is 21.1 Å². The molecule has 1 N–H and O–H groups in total. The molecule has 1 aliphatic rings. The summed E-state index contributed by atoms with van der Waals surface area (Å²) in [7, 11) is 0. The molecule has 0 aliphatic carbocycles. The predicted octanol–water partition coefficient (Wildman–Crippen LogP) is 3.60. The van der Waals surface area contributed by atoms with E-state index < -0.39 is 0 Å². The van der Waals surface area contributed by atoms with Crippen molar-refractivity contribution in [1.29, 1.82) is 0 Å². The van der Waals surface area contributed by atoms with Crippen LogP contribution in [0.2, 0.25) is 0 Å². The van der Waals surface area contributed by atoms with Crippen molar-refractivity contribution in [2.45, 2.75) is 6.61 Å². The van der Waals surface area contributed by atoms with Crippen molar-refractivity contribution >= 4 is 21.6 Å². The van der Waals surface area contributed by atoms with Crippen LogP contribution in [0, 0.1) is 0 Å². The highest BCUT2D eigenvalue weighted by Gasteiger charge is 2.20. The molecule has 0 fully saturated rings. The van der Waals surface area contributed by atoms with Crippen LogP contribution in [0.1, 0.15) is 11.1 Å². The average molecular weight is 334 g/mol. The summed E-state index contributed by atoms with van der Waals surface area (Å²) < 4.78 is 12.2.